The van der Waals surface area contributed by atoms with E-state index in [1.165, 1.54) is 0 Å². The Balaban J connectivity index is 1.38. The van der Waals surface area contributed by atoms with E-state index in [1.54, 1.807) is 12.1 Å². The highest BCUT2D eigenvalue weighted by Gasteiger charge is 2.24. The van der Waals surface area contributed by atoms with Gasteiger partial charge in [0.05, 0.1) is 13.2 Å². The lowest BCUT2D eigenvalue weighted by atomic mass is 9.99. The number of anilines is 2. The largest absolute Gasteiger partial charge is 0.494 e. The molecule has 1 aliphatic heterocycles. The number of amides is 2. The summed E-state index contributed by atoms with van der Waals surface area (Å²) in [5.74, 6) is 1.23. The molecule has 0 spiro atoms. The van der Waals surface area contributed by atoms with Crippen molar-refractivity contribution in [1.82, 2.24) is 0 Å². The molecule has 0 atom stereocenters. The van der Waals surface area contributed by atoms with E-state index in [2.05, 4.69) is 5.32 Å². The Labute approximate surface area is 187 Å². The molecular formula is C26H26N2O4. The summed E-state index contributed by atoms with van der Waals surface area (Å²) < 4.78 is 11.0. The Kier molecular flexibility index (Phi) is 6.70. The molecule has 4 rings (SSSR count). The standard InChI is InChI=1S/C26H26N2O4/c1-2-31-22-10-12-23(13-11-22)32-18-25(29)27-21-9-14-24-20(16-21)8-15-26(30)28(24)17-19-6-4-3-5-7-19/h3-7,9-14,16H,2,8,15,17-18H2,1H3,(H,27,29). The van der Waals surface area contributed by atoms with Gasteiger partial charge < -0.3 is 19.7 Å². The minimum atomic E-state index is -0.244. The van der Waals surface area contributed by atoms with Gasteiger partial charge in [0, 0.05) is 17.8 Å². The number of carbonyl (C=O) groups is 2. The van der Waals surface area contributed by atoms with E-state index in [0.29, 0.717) is 37.4 Å². The number of fused-ring (bicyclic) bond motifs is 1. The molecule has 1 N–H and O–H groups in total. The molecule has 0 aromatic heterocycles. The summed E-state index contributed by atoms with van der Waals surface area (Å²) in [5, 5.41) is 2.88. The lowest BCUT2D eigenvalue weighted by Gasteiger charge is -2.30. The Hall–Kier alpha value is -3.80. The molecule has 3 aromatic carbocycles. The van der Waals surface area contributed by atoms with Gasteiger partial charge in [-0.3, -0.25) is 9.59 Å². The SMILES string of the molecule is CCOc1ccc(OCC(=O)Nc2ccc3c(c2)CCC(=O)N3Cc2ccccc2)cc1. The number of ether oxygens (including phenoxy) is 2. The predicted molar refractivity (Wildman–Crippen MR) is 124 cm³/mol. The van der Waals surface area contributed by atoms with E-state index in [-0.39, 0.29) is 18.4 Å². The highest BCUT2D eigenvalue weighted by molar-refractivity contribution is 5.97. The summed E-state index contributed by atoms with van der Waals surface area (Å²) in [6.07, 6.45) is 1.12. The third-order valence-electron chi connectivity index (χ3n) is 5.25. The fraction of sp³-hybridized carbons (Fsp3) is 0.231. The molecule has 1 heterocycles. The zero-order valence-electron chi connectivity index (χ0n) is 18.0. The van der Waals surface area contributed by atoms with Crippen LogP contribution in [-0.2, 0) is 22.6 Å². The van der Waals surface area contributed by atoms with Gasteiger partial charge in [-0.05, 0) is 66.9 Å². The molecule has 6 heteroatoms. The lowest BCUT2D eigenvalue weighted by molar-refractivity contribution is -0.119. The number of hydrogen-bond acceptors (Lipinski definition) is 4. The second kappa shape index (κ2) is 10.0. The van der Waals surface area contributed by atoms with Crippen LogP contribution < -0.4 is 19.7 Å². The Bertz CT molecular complexity index is 1080. The molecular weight excluding hydrogens is 404 g/mol. The molecule has 2 amide bonds. The van der Waals surface area contributed by atoms with Crippen LogP contribution in [0.15, 0.2) is 72.8 Å². The molecule has 3 aromatic rings. The monoisotopic (exact) mass is 430 g/mol. The molecule has 0 saturated carbocycles. The first kappa shape index (κ1) is 21.4. The molecule has 1 aliphatic rings. The second-order valence-corrected chi connectivity index (χ2v) is 7.55. The third-order valence-corrected chi connectivity index (χ3v) is 5.25. The normalized spacial score (nSPS) is 12.8. The van der Waals surface area contributed by atoms with Crippen molar-refractivity contribution < 1.29 is 19.1 Å². The van der Waals surface area contributed by atoms with Crippen LogP contribution in [0.4, 0.5) is 11.4 Å². The summed E-state index contributed by atoms with van der Waals surface area (Å²) in [6, 6.07) is 22.8. The van der Waals surface area contributed by atoms with Gasteiger partial charge in [-0.2, -0.15) is 0 Å². The van der Waals surface area contributed by atoms with E-state index in [9.17, 15) is 9.59 Å². The fourth-order valence-electron chi connectivity index (χ4n) is 3.72. The van der Waals surface area contributed by atoms with Crippen molar-refractivity contribution in [2.75, 3.05) is 23.4 Å². The van der Waals surface area contributed by atoms with Crippen molar-refractivity contribution in [3.63, 3.8) is 0 Å². The summed E-state index contributed by atoms with van der Waals surface area (Å²) in [4.78, 5) is 26.7. The zero-order valence-corrected chi connectivity index (χ0v) is 18.0. The van der Waals surface area contributed by atoms with Gasteiger partial charge in [0.25, 0.3) is 5.91 Å². The molecule has 164 valence electrons. The van der Waals surface area contributed by atoms with Gasteiger partial charge in [0.2, 0.25) is 5.91 Å². The zero-order chi connectivity index (χ0) is 22.3. The fourth-order valence-corrected chi connectivity index (χ4v) is 3.72. The average molecular weight is 431 g/mol. The average Bonchev–Trinajstić information content (AvgIpc) is 2.81. The first-order chi connectivity index (χ1) is 15.6. The number of hydrogen-bond donors (Lipinski definition) is 1. The minimum absolute atomic E-state index is 0.0936. The van der Waals surface area contributed by atoms with Gasteiger partial charge in [-0.15, -0.1) is 0 Å². The highest BCUT2D eigenvalue weighted by atomic mass is 16.5. The van der Waals surface area contributed by atoms with Gasteiger partial charge in [-0.25, -0.2) is 0 Å². The summed E-state index contributed by atoms with van der Waals surface area (Å²) >= 11 is 0. The van der Waals surface area contributed by atoms with Crippen molar-refractivity contribution in [2.45, 2.75) is 26.3 Å². The van der Waals surface area contributed by atoms with Crippen molar-refractivity contribution in [3.05, 3.63) is 83.9 Å². The van der Waals surface area contributed by atoms with Crippen LogP contribution in [0, 0.1) is 0 Å². The van der Waals surface area contributed by atoms with Gasteiger partial charge in [0.1, 0.15) is 11.5 Å². The molecule has 0 unspecified atom stereocenters. The Morgan fingerprint density at radius 3 is 2.38 bits per heavy atom. The van der Waals surface area contributed by atoms with E-state index in [0.717, 1.165) is 22.6 Å². The number of aryl methyl sites for hydroxylation is 1. The molecule has 0 saturated heterocycles. The third kappa shape index (κ3) is 5.27. The highest BCUT2D eigenvalue weighted by Crippen LogP contribution is 2.31. The molecule has 32 heavy (non-hydrogen) atoms. The van der Waals surface area contributed by atoms with Gasteiger partial charge in [-0.1, -0.05) is 30.3 Å². The quantitative estimate of drug-likeness (QED) is 0.568. The molecule has 0 aliphatic carbocycles. The van der Waals surface area contributed by atoms with Crippen LogP contribution in [0.2, 0.25) is 0 Å². The van der Waals surface area contributed by atoms with Crippen molar-refractivity contribution in [3.8, 4) is 11.5 Å². The van der Waals surface area contributed by atoms with Crippen molar-refractivity contribution in [1.29, 1.82) is 0 Å². The minimum Gasteiger partial charge on any atom is -0.494 e. The van der Waals surface area contributed by atoms with Crippen molar-refractivity contribution >= 4 is 23.2 Å². The lowest BCUT2D eigenvalue weighted by Crippen LogP contribution is -2.34. The van der Waals surface area contributed by atoms with E-state index in [1.807, 2.05) is 72.5 Å². The van der Waals surface area contributed by atoms with Crippen LogP contribution in [0.5, 0.6) is 11.5 Å². The van der Waals surface area contributed by atoms with Crippen LogP contribution in [-0.4, -0.2) is 25.0 Å². The van der Waals surface area contributed by atoms with Crippen LogP contribution in [0.25, 0.3) is 0 Å². The van der Waals surface area contributed by atoms with E-state index < -0.39 is 0 Å². The molecule has 0 fully saturated rings. The Morgan fingerprint density at radius 1 is 0.938 bits per heavy atom. The Morgan fingerprint density at radius 2 is 1.66 bits per heavy atom. The summed E-state index contributed by atoms with van der Waals surface area (Å²) in [5.41, 5.74) is 3.72. The van der Waals surface area contributed by atoms with Crippen molar-refractivity contribution in [2.24, 2.45) is 0 Å². The summed E-state index contributed by atoms with van der Waals surface area (Å²) in [7, 11) is 0. The number of carbonyl (C=O) groups excluding carboxylic acids is 2. The number of nitrogens with zero attached hydrogens (tertiary/aromatic N) is 1. The van der Waals surface area contributed by atoms with Gasteiger partial charge >= 0.3 is 0 Å². The smallest absolute Gasteiger partial charge is 0.262 e. The van der Waals surface area contributed by atoms with Crippen LogP contribution >= 0.6 is 0 Å². The number of benzene rings is 3. The maximum Gasteiger partial charge on any atom is 0.262 e. The van der Waals surface area contributed by atoms with Crippen LogP contribution in [0.1, 0.15) is 24.5 Å². The predicted octanol–water partition coefficient (Wildman–Crippen LogP) is 4.58. The summed E-state index contributed by atoms with van der Waals surface area (Å²) in [6.45, 7) is 2.97. The number of rotatable bonds is 8. The molecule has 0 radical (unpaired) electrons. The molecule has 6 nitrogen and oxygen atoms in total. The van der Waals surface area contributed by atoms with E-state index >= 15 is 0 Å². The van der Waals surface area contributed by atoms with Gasteiger partial charge in [0.15, 0.2) is 6.61 Å². The first-order valence-electron chi connectivity index (χ1n) is 10.7. The second-order valence-electron chi connectivity index (χ2n) is 7.55. The topological polar surface area (TPSA) is 67.9 Å². The van der Waals surface area contributed by atoms with E-state index in [4.69, 9.17) is 9.47 Å². The number of nitrogens with one attached hydrogen (secondary N) is 1. The maximum absolute atomic E-state index is 12.5. The molecule has 0 bridgehead atoms. The van der Waals surface area contributed by atoms with Crippen LogP contribution in [0.3, 0.4) is 0 Å². The maximum atomic E-state index is 12.5. The first-order valence-corrected chi connectivity index (χ1v) is 10.7.